The average Bonchev–Trinajstić information content (AvgIpc) is 3.48. The molecule has 0 aliphatic carbocycles. The fourth-order valence-corrected chi connectivity index (χ4v) is 6.32. The third kappa shape index (κ3) is 4.59. The Bertz CT molecular complexity index is 1260. The number of rotatable bonds is 6. The zero-order valence-electron chi connectivity index (χ0n) is 16.9. The van der Waals surface area contributed by atoms with Gasteiger partial charge in [0.15, 0.2) is 10.3 Å². The first kappa shape index (κ1) is 22.2. The van der Waals surface area contributed by atoms with Gasteiger partial charge in [0.2, 0.25) is 5.91 Å². The lowest BCUT2D eigenvalue weighted by Gasteiger charge is -2.21. The number of aromatic nitrogens is 2. The predicted octanol–water partition coefficient (Wildman–Crippen LogP) is 2.86. The molecule has 1 aliphatic heterocycles. The zero-order valence-corrected chi connectivity index (χ0v) is 19.4. The monoisotopic (exact) mass is 492 g/mol. The van der Waals surface area contributed by atoms with Crippen LogP contribution in [0.3, 0.4) is 0 Å². The maximum atomic E-state index is 12.6. The van der Waals surface area contributed by atoms with Crippen LogP contribution in [0.5, 0.6) is 0 Å². The molecule has 13 heteroatoms. The summed E-state index contributed by atoms with van der Waals surface area (Å²) in [5.74, 6) is -0.526. The van der Waals surface area contributed by atoms with Crippen LogP contribution in [0.15, 0.2) is 40.6 Å². The number of amides is 3. The Morgan fingerprint density at radius 2 is 1.94 bits per heavy atom. The number of aryl methyl sites for hydroxylation is 1. The fraction of sp³-hybridized carbons (Fsp3) is 0.263. The number of benzene rings is 1. The van der Waals surface area contributed by atoms with E-state index >= 15 is 0 Å². The van der Waals surface area contributed by atoms with Crippen LogP contribution in [0.25, 0.3) is 10.6 Å². The first-order valence-electron chi connectivity index (χ1n) is 9.63. The number of nitrogens with one attached hydrogen (secondary N) is 2. The molecule has 2 aromatic heterocycles. The Labute approximate surface area is 192 Å². The summed E-state index contributed by atoms with van der Waals surface area (Å²) in [6.07, 6.45) is 1.26. The molecule has 4 N–H and O–H groups in total. The highest BCUT2D eigenvalue weighted by atomic mass is 32.2. The summed E-state index contributed by atoms with van der Waals surface area (Å²) in [6.45, 7) is 2.23. The van der Waals surface area contributed by atoms with Crippen molar-refractivity contribution in [1.82, 2.24) is 14.9 Å². The van der Waals surface area contributed by atoms with Crippen molar-refractivity contribution in [2.24, 2.45) is 5.73 Å². The summed E-state index contributed by atoms with van der Waals surface area (Å²) in [6, 6.07) is 6.99. The van der Waals surface area contributed by atoms with Crippen molar-refractivity contribution in [1.29, 1.82) is 0 Å². The normalized spacial score (nSPS) is 16.2. The first-order valence-corrected chi connectivity index (χ1v) is 12.8. The largest absolute Gasteiger partial charge is 0.368 e. The molecule has 4 rings (SSSR count). The summed E-state index contributed by atoms with van der Waals surface area (Å²) in [7, 11) is -3.74. The van der Waals surface area contributed by atoms with Crippen molar-refractivity contribution in [2.75, 3.05) is 16.6 Å². The van der Waals surface area contributed by atoms with Gasteiger partial charge in [-0.25, -0.2) is 23.2 Å². The van der Waals surface area contributed by atoms with E-state index in [1.165, 1.54) is 28.4 Å². The molecule has 1 atom stereocenters. The highest BCUT2D eigenvalue weighted by Crippen LogP contribution is 2.35. The Hall–Kier alpha value is -3.03. The maximum absolute atomic E-state index is 12.6. The minimum absolute atomic E-state index is 0.145. The van der Waals surface area contributed by atoms with Gasteiger partial charge in [-0.3, -0.25) is 14.8 Å². The predicted molar refractivity (Wildman–Crippen MR) is 123 cm³/mol. The Morgan fingerprint density at radius 1 is 1.19 bits per heavy atom. The van der Waals surface area contributed by atoms with Gasteiger partial charge in [0.05, 0.1) is 21.2 Å². The van der Waals surface area contributed by atoms with Crippen molar-refractivity contribution in [2.45, 2.75) is 30.7 Å². The number of nitrogens with zero attached hydrogens (tertiary/aromatic N) is 3. The van der Waals surface area contributed by atoms with Crippen molar-refractivity contribution < 1.29 is 18.0 Å². The smallest absolute Gasteiger partial charge is 0.324 e. The number of hydrogen-bond donors (Lipinski definition) is 3. The van der Waals surface area contributed by atoms with E-state index in [-0.39, 0.29) is 10.0 Å². The van der Waals surface area contributed by atoms with Crippen molar-refractivity contribution >= 4 is 54.9 Å². The van der Waals surface area contributed by atoms with Crippen molar-refractivity contribution in [3.63, 3.8) is 0 Å². The van der Waals surface area contributed by atoms with E-state index in [0.717, 1.165) is 11.3 Å². The van der Waals surface area contributed by atoms with E-state index in [4.69, 9.17) is 5.73 Å². The summed E-state index contributed by atoms with van der Waals surface area (Å²) < 4.78 is 27.5. The Balaban J connectivity index is 1.48. The summed E-state index contributed by atoms with van der Waals surface area (Å²) in [4.78, 5) is 35.1. The molecule has 1 fully saturated rings. The number of hydrogen-bond acceptors (Lipinski definition) is 8. The molecular weight excluding hydrogens is 472 g/mol. The van der Waals surface area contributed by atoms with Gasteiger partial charge in [0.1, 0.15) is 6.04 Å². The highest BCUT2D eigenvalue weighted by Gasteiger charge is 2.33. The van der Waals surface area contributed by atoms with Crippen LogP contribution in [0.1, 0.15) is 18.5 Å². The molecule has 0 radical (unpaired) electrons. The van der Waals surface area contributed by atoms with E-state index in [0.29, 0.717) is 40.8 Å². The van der Waals surface area contributed by atoms with E-state index in [9.17, 15) is 18.0 Å². The Kier molecular flexibility index (Phi) is 6.13. The number of carbonyl (C=O) groups is 2. The minimum Gasteiger partial charge on any atom is -0.368 e. The second-order valence-electron chi connectivity index (χ2n) is 7.07. The number of nitrogens with two attached hydrogens (primary N) is 1. The third-order valence-corrected chi connectivity index (χ3v) is 8.20. The van der Waals surface area contributed by atoms with Crippen LogP contribution in [-0.4, -0.2) is 47.8 Å². The molecule has 32 heavy (non-hydrogen) atoms. The summed E-state index contributed by atoms with van der Waals surface area (Å²) in [5, 5.41) is 5.02. The van der Waals surface area contributed by atoms with Crippen LogP contribution in [0.4, 0.5) is 15.1 Å². The quantitative estimate of drug-likeness (QED) is 0.482. The van der Waals surface area contributed by atoms with Crippen LogP contribution in [-0.2, 0) is 14.8 Å². The van der Waals surface area contributed by atoms with E-state index in [1.54, 1.807) is 30.5 Å². The molecule has 0 saturated carbocycles. The number of thiazole rings is 2. The molecule has 0 unspecified atom stereocenters. The molecule has 1 saturated heterocycles. The molecule has 1 aromatic carbocycles. The van der Waals surface area contributed by atoms with Crippen LogP contribution in [0.2, 0.25) is 0 Å². The van der Waals surface area contributed by atoms with Crippen LogP contribution < -0.4 is 15.8 Å². The molecule has 168 valence electrons. The molecule has 3 amide bonds. The number of sulfonamides is 1. The first-order chi connectivity index (χ1) is 15.2. The zero-order chi connectivity index (χ0) is 22.9. The highest BCUT2D eigenvalue weighted by molar-refractivity contribution is 7.93. The van der Waals surface area contributed by atoms with Gasteiger partial charge in [-0.1, -0.05) is 29.5 Å². The SMILES string of the molecule is Cc1nc(NC(=O)N2CCC[C@H]2C(N)=O)sc1-c1csc(NS(=O)(=O)c2ccccc2)n1. The lowest BCUT2D eigenvalue weighted by molar-refractivity contribution is -0.121. The molecule has 0 spiro atoms. The number of urea groups is 1. The van der Waals surface area contributed by atoms with E-state index < -0.39 is 28.0 Å². The Morgan fingerprint density at radius 3 is 2.66 bits per heavy atom. The molecule has 1 aliphatic rings. The van der Waals surface area contributed by atoms with Gasteiger partial charge >= 0.3 is 6.03 Å². The van der Waals surface area contributed by atoms with Crippen LogP contribution in [0, 0.1) is 6.92 Å². The van der Waals surface area contributed by atoms with Gasteiger partial charge < -0.3 is 10.6 Å². The average molecular weight is 493 g/mol. The molecule has 10 nitrogen and oxygen atoms in total. The summed E-state index contributed by atoms with van der Waals surface area (Å²) >= 11 is 2.37. The lowest BCUT2D eigenvalue weighted by Crippen LogP contribution is -2.45. The fourth-order valence-electron chi connectivity index (χ4n) is 3.35. The van der Waals surface area contributed by atoms with Gasteiger partial charge in [-0.05, 0) is 31.9 Å². The second kappa shape index (κ2) is 8.84. The van der Waals surface area contributed by atoms with Gasteiger partial charge in [-0.15, -0.1) is 11.3 Å². The molecular formula is C19H20N6O4S3. The third-order valence-electron chi connectivity index (χ3n) is 4.86. The molecule has 3 heterocycles. The molecule has 3 aromatic rings. The van der Waals surface area contributed by atoms with E-state index in [1.807, 2.05) is 0 Å². The number of anilines is 2. The van der Waals surface area contributed by atoms with E-state index in [2.05, 4.69) is 20.0 Å². The van der Waals surface area contributed by atoms with Gasteiger partial charge in [-0.2, -0.15) is 0 Å². The number of carbonyl (C=O) groups excluding carboxylic acids is 2. The minimum atomic E-state index is -3.74. The van der Waals surface area contributed by atoms with Crippen molar-refractivity contribution in [3.05, 3.63) is 41.4 Å². The van der Waals surface area contributed by atoms with Crippen LogP contribution >= 0.6 is 22.7 Å². The molecule has 0 bridgehead atoms. The standard InChI is InChI=1S/C19H20N6O4S3/c1-11-15(31-17(21-11)23-19(27)25-9-5-8-14(25)16(20)26)13-10-30-18(22-13)24-32(28,29)12-6-3-2-4-7-12/h2-4,6-7,10,14H,5,8-9H2,1H3,(H2,20,26)(H,22,24)(H,21,23,27)/t14-/m0/s1. The van der Waals surface area contributed by atoms with Gasteiger partial charge in [0, 0.05) is 11.9 Å². The number of likely N-dealkylation sites (tertiary alicyclic amines) is 1. The number of primary amides is 1. The van der Waals surface area contributed by atoms with Gasteiger partial charge in [0.25, 0.3) is 10.0 Å². The second-order valence-corrected chi connectivity index (χ2v) is 10.6. The maximum Gasteiger partial charge on any atom is 0.324 e. The topological polar surface area (TPSA) is 147 Å². The van der Waals surface area contributed by atoms with Crippen molar-refractivity contribution in [3.8, 4) is 10.6 Å². The summed E-state index contributed by atoms with van der Waals surface area (Å²) in [5.41, 5.74) is 6.57. The lowest BCUT2D eigenvalue weighted by atomic mass is 10.2.